The van der Waals surface area contributed by atoms with Crippen LogP contribution in [0.5, 0.6) is 0 Å². The predicted molar refractivity (Wildman–Crippen MR) is 69.8 cm³/mol. The zero-order chi connectivity index (χ0) is 13.5. The fourth-order valence-electron chi connectivity index (χ4n) is 1.23. The highest BCUT2D eigenvalue weighted by atomic mass is 32.1. The number of nitrogens with zero attached hydrogens (tertiary/aromatic N) is 1. The van der Waals surface area contributed by atoms with Crippen LogP contribution in [0, 0.1) is 0 Å². The number of thiophene rings is 1. The van der Waals surface area contributed by atoms with E-state index in [0.717, 1.165) is 11.0 Å². The van der Waals surface area contributed by atoms with Gasteiger partial charge in [0.25, 0.3) is 5.91 Å². The van der Waals surface area contributed by atoms with E-state index in [-0.39, 0.29) is 5.91 Å². The molecule has 0 unspecified atom stereocenters. The van der Waals surface area contributed by atoms with Gasteiger partial charge >= 0.3 is 5.97 Å². The number of ether oxygens (including phenoxy) is 1. The normalized spacial score (nSPS) is 10.8. The lowest BCUT2D eigenvalue weighted by atomic mass is 10.3. The Balaban J connectivity index is 2.67. The minimum atomic E-state index is -1.01. The van der Waals surface area contributed by atoms with Crippen molar-refractivity contribution in [1.29, 1.82) is 0 Å². The monoisotopic (exact) mass is 269 g/mol. The van der Waals surface area contributed by atoms with Gasteiger partial charge in [0.2, 0.25) is 0 Å². The maximum atomic E-state index is 11.9. The van der Waals surface area contributed by atoms with Crippen LogP contribution in [0.4, 0.5) is 0 Å². The van der Waals surface area contributed by atoms with Crippen LogP contribution in [0.25, 0.3) is 6.08 Å². The molecule has 6 heteroatoms. The lowest BCUT2D eigenvalue weighted by Crippen LogP contribution is -2.29. The second-order valence-corrected chi connectivity index (χ2v) is 4.71. The highest BCUT2D eigenvalue weighted by Crippen LogP contribution is 2.19. The summed E-state index contributed by atoms with van der Waals surface area (Å²) in [6.45, 7) is 1.01. The molecule has 18 heavy (non-hydrogen) atoms. The first kappa shape index (κ1) is 14.4. The van der Waals surface area contributed by atoms with Gasteiger partial charge in [-0.2, -0.15) is 0 Å². The molecular weight excluding hydrogens is 254 g/mol. The second kappa shape index (κ2) is 6.93. The lowest BCUT2D eigenvalue weighted by molar-refractivity contribution is -0.131. The number of hydrogen-bond acceptors (Lipinski definition) is 4. The molecule has 98 valence electrons. The molecule has 0 bridgehead atoms. The van der Waals surface area contributed by atoms with Crippen molar-refractivity contribution in [3.63, 3.8) is 0 Å². The van der Waals surface area contributed by atoms with E-state index in [1.807, 2.05) is 0 Å². The van der Waals surface area contributed by atoms with Gasteiger partial charge in [-0.1, -0.05) is 0 Å². The molecule has 1 N–H and O–H groups in total. The first-order valence-electron chi connectivity index (χ1n) is 5.30. The molecule has 0 aliphatic rings. The fraction of sp³-hybridized carbons (Fsp3) is 0.333. The smallest absolute Gasteiger partial charge is 0.328 e. The SMILES string of the molecule is COCCN(C)C(=O)c1ccc(C=CC(=O)O)s1. The predicted octanol–water partition coefficient (Wildman–Crippen LogP) is 1.56. The maximum Gasteiger partial charge on any atom is 0.328 e. The Bertz CT molecular complexity index is 453. The molecule has 0 fully saturated rings. The van der Waals surface area contributed by atoms with Crippen molar-refractivity contribution in [3.05, 3.63) is 28.0 Å². The number of hydrogen-bond donors (Lipinski definition) is 1. The summed E-state index contributed by atoms with van der Waals surface area (Å²) >= 11 is 1.26. The molecule has 0 aliphatic heterocycles. The summed E-state index contributed by atoms with van der Waals surface area (Å²) in [5.74, 6) is -1.10. The van der Waals surface area contributed by atoms with Crippen LogP contribution in [0.2, 0.25) is 0 Å². The highest BCUT2D eigenvalue weighted by molar-refractivity contribution is 7.14. The molecular formula is C12H15NO4S. The van der Waals surface area contributed by atoms with Crippen LogP contribution in [0.1, 0.15) is 14.5 Å². The first-order valence-corrected chi connectivity index (χ1v) is 6.11. The Morgan fingerprint density at radius 1 is 1.50 bits per heavy atom. The van der Waals surface area contributed by atoms with E-state index in [1.165, 1.54) is 17.4 Å². The van der Waals surface area contributed by atoms with Crippen LogP contribution < -0.4 is 0 Å². The van der Waals surface area contributed by atoms with Crippen molar-refractivity contribution in [2.75, 3.05) is 27.3 Å². The van der Waals surface area contributed by atoms with Crippen molar-refractivity contribution >= 4 is 29.3 Å². The van der Waals surface area contributed by atoms with Gasteiger partial charge in [0.05, 0.1) is 11.5 Å². The zero-order valence-electron chi connectivity index (χ0n) is 10.3. The number of carbonyl (C=O) groups is 2. The molecule has 1 aromatic heterocycles. The summed E-state index contributed by atoms with van der Waals surface area (Å²) in [5.41, 5.74) is 0. The summed E-state index contributed by atoms with van der Waals surface area (Å²) in [4.78, 5) is 25.2. The molecule has 0 saturated heterocycles. The minimum Gasteiger partial charge on any atom is -0.478 e. The third-order valence-corrected chi connectivity index (χ3v) is 3.24. The summed E-state index contributed by atoms with van der Waals surface area (Å²) in [5, 5.41) is 8.50. The van der Waals surface area contributed by atoms with Crippen LogP contribution in [-0.4, -0.2) is 49.2 Å². The number of likely N-dealkylation sites (N-methyl/N-ethyl adjacent to an activating group) is 1. The second-order valence-electron chi connectivity index (χ2n) is 3.59. The number of rotatable bonds is 6. The van der Waals surface area contributed by atoms with Crippen LogP contribution in [0.3, 0.4) is 0 Å². The average molecular weight is 269 g/mol. The lowest BCUT2D eigenvalue weighted by Gasteiger charge is -2.15. The van der Waals surface area contributed by atoms with Crippen LogP contribution >= 0.6 is 11.3 Å². The number of carboxylic acid groups (broad SMARTS) is 1. The van der Waals surface area contributed by atoms with E-state index in [2.05, 4.69) is 0 Å². The fourth-order valence-corrected chi connectivity index (χ4v) is 2.13. The third kappa shape index (κ3) is 4.31. The summed E-state index contributed by atoms with van der Waals surface area (Å²) in [6.07, 6.45) is 2.52. The highest BCUT2D eigenvalue weighted by Gasteiger charge is 2.13. The Hall–Kier alpha value is -1.66. The van der Waals surface area contributed by atoms with E-state index in [1.54, 1.807) is 31.2 Å². The zero-order valence-corrected chi connectivity index (χ0v) is 11.1. The maximum absolute atomic E-state index is 11.9. The molecule has 0 saturated carbocycles. The quantitative estimate of drug-likeness (QED) is 0.796. The van der Waals surface area contributed by atoms with E-state index in [4.69, 9.17) is 9.84 Å². The Labute approximate surface area is 109 Å². The van der Waals surface area contributed by atoms with E-state index in [0.29, 0.717) is 18.0 Å². The largest absolute Gasteiger partial charge is 0.478 e. The molecule has 0 atom stereocenters. The molecule has 0 radical (unpaired) electrons. The molecule has 0 aliphatic carbocycles. The van der Waals surface area contributed by atoms with Gasteiger partial charge in [-0.15, -0.1) is 11.3 Å². The van der Waals surface area contributed by atoms with Gasteiger partial charge in [0, 0.05) is 31.7 Å². The van der Waals surface area contributed by atoms with Crippen molar-refractivity contribution in [2.24, 2.45) is 0 Å². The van der Waals surface area contributed by atoms with Crippen molar-refractivity contribution in [3.8, 4) is 0 Å². The standard InChI is InChI=1S/C12H15NO4S/c1-13(7-8-17-2)12(16)10-5-3-9(18-10)4-6-11(14)15/h3-6H,7-8H2,1-2H3,(H,14,15). The third-order valence-electron chi connectivity index (χ3n) is 2.21. The summed E-state index contributed by atoms with van der Waals surface area (Å²) in [6, 6.07) is 3.42. The van der Waals surface area contributed by atoms with E-state index in [9.17, 15) is 9.59 Å². The van der Waals surface area contributed by atoms with Crippen molar-refractivity contribution < 1.29 is 19.4 Å². The van der Waals surface area contributed by atoms with Crippen LogP contribution in [-0.2, 0) is 9.53 Å². The van der Waals surface area contributed by atoms with Gasteiger partial charge in [-0.25, -0.2) is 4.79 Å². The number of aliphatic carboxylic acids is 1. The van der Waals surface area contributed by atoms with Gasteiger partial charge in [0.1, 0.15) is 0 Å². The number of carboxylic acids is 1. The Morgan fingerprint density at radius 3 is 2.83 bits per heavy atom. The van der Waals surface area contributed by atoms with Gasteiger partial charge in [-0.05, 0) is 18.2 Å². The average Bonchev–Trinajstić information content (AvgIpc) is 2.81. The minimum absolute atomic E-state index is 0.0907. The van der Waals surface area contributed by atoms with Gasteiger partial charge < -0.3 is 14.7 Å². The number of carbonyl (C=O) groups excluding carboxylic acids is 1. The Kier molecular flexibility index (Phi) is 5.54. The number of amides is 1. The first-order chi connectivity index (χ1) is 8.54. The van der Waals surface area contributed by atoms with Crippen molar-refractivity contribution in [1.82, 2.24) is 4.90 Å². The molecule has 0 spiro atoms. The molecule has 0 aromatic carbocycles. The molecule has 5 nitrogen and oxygen atoms in total. The molecule has 1 heterocycles. The summed E-state index contributed by atoms with van der Waals surface area (Å²) in [7, 11) is 3.28. The molecule has 1 amide bonds. The molecule has 1 aromatic rings. The topological polar surface area (TPSA) is 66.8 Å². The molecule has 1 rings (SSSR count). The van der Waals surface area contributed by atoms with E-state index < -0.39 is 5.97 Å². The van der Waals surface area contributed by atoms with Crippen molar-refractivity contribution in [2.45, 2.75) is 0 Å². The number of methoxy groups -OCH3 is 1. The van der Waals surface area contributed by atoms with Gasteiger partial charge in [-0.3, -0.25) is 4.79 Å². The van der Waals surface area contributed by atoms with E-state index >= 15 is 0 Å². The summed E-state index contributed by atoms with van der Waals surface area (Å²) < 4.78 is 4.90. The Morgan fingerprint density at radius 2 is 2.22 bits per heavy atom. The van der Waals surface area contributed by atoms with Crippen LogP contribution in [0.15, 0.2) is 18.2 Å². The van der Waals surface area contributed by atoms with Gasteiger partial charge in [0.15, 0.2) is 0 Å².